The van der Waals surface area contributed by atoms with Crippen LogP contribution in [-0.2, 0) is 17.8 Å². The average molecular weight is 259 g/mol. The lowest BCUT2D eigenvalue weighted by Crippen LogP contribution is -2.34. The van der Waals surface area contributed by atoms with Crippen LogP contribution in [0, 0.1) is 23.7 Å². The van der Waals surface area contributed by atoms with Crippen molar-refractivity contribution in [2.24, 2.45) is 23.7 Å². The van der Waals surface area contributed by atoms with E-state index in [1.807, 2.05) is 6.20 Å². The summed E-state index contributed by atoms with van der Waals surface area (Å²) in [4.78, 5) is 16.4. The minimum atomic E-state index is 0.311. The van der Waals surface area contributed by atoms with E-state index < -0.39 is 0 Å². The number of amides is 1. The van der Waals surface area contributed by atoms with E-state index in [0.717, 1.165) is 44.2 Å². The number of imidazole rings is 1. The maximum absolute atomic E-state index is 12.1. The molecule has 2 fully saturated rings. The second kappa shape index (κ2) is 4.36. The van der Waals surface area contributed by atoms with Crippen molar-refractivity contribution in [3.8, 4) is 0 Å². The molecule has 4 heteroatoms. The van der Waals surface area contributed by atoms with Crippen molar-refractivity contribution in [3.05, 3.63) is 18.2 Å². The summed E-state index contributed by atoms with van der Waals surface area (Å²) in [5.41, 5.74) is 0. The zero-order chi connectivity index (χ0) is 12.8. The van der Waals surface area contributed by atoms with Crippen LogP contribution >= 0.6 is 0 Å². The number of hydrogen-bond donors (Lipinski definition) is 1. The number of aromatic nitrogens is 2. The molecule has 102 valence electrons. The lowest BCUT2D eigenvalue weighted by atomic mass is 9.98. The van der Waals surface area contributed by atoms with E-state index in [-0.39, 0.29) is 0 Å². The summed E-state index contributed by atoms with van der Waals surface area (Å²) >= 11 is 0. The van der Waals surface area contributed by atoms with Crippen LogP contribution in [0.15, 0.2) is 12.4 Å². The number of carbonyl (C=O) groups excluding carboxylic acids is 1. The number of rotatable bonds is 4. The highest BCUT2D eigenvalue weighted by atomic mass is 16.2. The molecular formula is C15H21N3O. The van der Waals surface area contributed by atoms with Gasteiger partial charge in [-0.05, 0) is 43.4 Å². The molecule has 1 amide bonds. The summed E-state index contributed by atoms with van der Waals surface area (Å²) in [6.45, 7) is 1.88. The Morgan fingerprint density at radius 1 is 1.42 bits per heavy atom. The van der Waals surface area contributed by atoms with E-state index in [2.05, 4.69) is 21.1 Å². The van der Waals surface area contributed by atoms with Crippen LogP contribution in [0.3, 0.4) is 0 Å². The van der Waals surface area contributed by atoms with Crippen LogP contribution in [0.1, 0.15) is 31.5 Å². The van der Waals surface area contributed by atoms with Gasteiger partial charge in [-0.3, -0.25) is 4.79 Å². The minimum Gasteiger partial charge on any atom is -0.356 e. The summed E-state index contributed by atoms with van der Waals surface area (Å²) in [5, 5.41) is 3.17. The molecule has 0 spiro atoms. The van der Waals surface area contributed by atoms with E-state index in [0.29, 0.717) is 17.7 Å². The number of nitrogens with zero attached hydrogens (tertiary/aromatic N) is 2. The van der Waals surface area contributed by atoms with Gasteiger partial charge in [-0.1, -0.05) is 0 Å². The first-order chi connectivity index (χ1) is 9.31. The number of fused-ring (bicyclic) bond motifs is 1. The molecule has 1 aromatic rings. The fraction of sp³-hybridized carbons (Fsp3) is 0.733. The largest absolute Gasteiger partial charge is 0.356 e. The van der Waals surface area contributed by atoms with E-state index in [1.54, 1.807) is 0 Å². The second-order valence-corrected chi connectivity index (χ2v) is 6.48. The van der Waals surface area contributed by atoms with Crippen LogP contribution in [0.25, 0.3) is 0 Å². The zero-order valence-electron chi connectivity index (χ0n) is 11.2. The molecule has 1 aliphatic heterocycles. The van der Waals surface area contributed by atoms with Gasteiger partial charge in [0, 0.05) is 37.8 Å². The highest BCUT2D eigenvalue weighted by molar-refractivity contribution is 5.81. The van der Waals surface area contributed by atoms with Crippen molar-refractivity contribution in [2.75, 3.05) is 6.54 Å². The van der Waals surface area contributed by atoms with Gasteiger partial charge in [0.05, 0.1) is 0 Å². The molecule has 4 rings (SSSR count). The third-order valence-electron chi connectivity index (χ3n) is 5.02. The highest BCUT2D eigenvalue weighted by Crippen LogP contribution is 2.54. The fourth-order valence-corrected chi connectivity index (χ4v) is 3.53. The fourth-order valence-electron chi connectivity index (χ4n) is 3.53. The van der Waals surface area contributed by atoms with Gasteiger partial charge in [0.2, 0.25) is 5.91 Å². The summed E-state index contributed by atoms with van der Waals surface area (Å²) in [5.74, 6) is 4.01. The average Bonchev–Trinajstić information content (AvgIpc) is 3.30. The number of hydrogen-bond acceptors (Lipinski definition) is 2. The smallest absolute Gasteiger partial charge is 0.223 e. The lowest BCUT2D eigenvalue weighted by Gasteiger charge is -2.23. The zero-order valence-corrected chi connectivity index (χ0v) is 11.2. The standard InChI is InChI=1S/C15H21N3O/c19-15(13-8-12(13)11-1-2-11)17-9-10-3-5-18-6-4-16-14(18)7-10/h4,6,10-13H,1-3,5,7-9H2,(H,17,19)/t10-,12-,13+/m1/s1. The molecule has 19 heavy (non-hydrogen) atoms. The van der Waals surface area contributed by atoms with Crippen LogP contribution in [0.4, 0.5) is 0 Å². The highest BCUT2D eigenvalue weighted by Gasteiger charge is 2.50. The summed E-state index contributed by atoms with van der Waals surface area (Å²) < 4.78 is 2.22. The second-order valence-electron chi connectivity index (χ2n) is 6.48. The molecule has 4 nitrogen and oxygen atoms in total. The molecule has 0 aromatic carbocycles. The van der Waals surface area contributed by atoms with E-state index in [1.165, 1.54) is 18.7 Å². The number of aryl methyl sites for hydroxylation is 1. The molecule has 3 aliphatic rings. The first kappa shape index (κ1) is 11.5. The summed E-state index contributed by atoms with van der Waals surface area (Å²) in [6.07, 6.45) is 9.95. The molecule has 0 radical (unpaired) electrons. The quantitative estimate of drug-likeness (QED) is 0.893. The monoisotopic (exact) mass is 259 g/mol. The summed E-state index contributed by atoms with van der Waals surface area (Å²) in [7, 11) is 0. The first-order valence-corrected chi connectivity index (χ1v) is 7.59. The van der Waals surface area contributed by atoms with Crippen molar-refractivity contribution in [3.63, 3.8) is 0 Å². The molecule has 0 saturated heterocycles. The van der Waals surface area contributed by atoms with Crippen LogP contribution < -0.4 is 5.32 Å². The lowest BCUT2D eigenvalue weighted by molar-refractivity contribution is -0.122. The third kappa shape index (κ3) is 2.28. The van der Waals surface area contributed by atoms with E-state index >= 15 is 0 Å². The SMILES string of the molecule is O=C(NC[C@@H]1CCn2ccnc2C1)[C@H]1C[C@@H]1C1CC1. The maximum atomic E-state index is 12.1. The summed E-state index contributed by atoms with van der Waals surface area (Å²) in [6, 6.07) is 0. The van der Waals surface area contributed by atoms with Gasteiger partial charge in [-0.25, -0.2) is 4.98 Å². The Morgan fingerprint density at radius 2 is 2.32 bits per heavy atom. The van der Waals surface area contributed by atoms with E-state index in [9.17, 15) is 4.79 Å². The predicted molar refractivity (Wildman–Crippen MR) is 71.4 cm³/mol. The number of carbonyl (C=O) groups is 1. The van der Waals surface area contributed by atoms with E-state index in [4.69, 9.17) is 0 Å². The van der Waals surface area contributed by atoms with Gasteiger partial charge in [0.15, 0.2) is 0 Å². The molecule has 2 saturated carbocycles. The predicted octanol–water partition coefficient (Wildman–Crippen LogP) is 1.61. The molecular weight excluding hydrogens is 238 g/mol. The van der Waals surface area contributed by atoms with Gasteiger partial charge < -0.3 is 9.88 Å². The molecule has 1 aromatic heterocycles. The Kier molecular flexibility index (Phi) is 2.64. The Balaban J connectivity index is 1.26. The Morgan fingerprint density at radius 3 is 3.16 bits per heavy atom. The molecule has 1 N–H and O–H groups in total. The topological polar surface area (TPSA) is 46.9 Å². The normalized spacial score (nSPS) is 32.7. The van der Waals surface area contributed by atoms with Crippen LogP contribution in [0.2, 0.25) is 0 Å². The van der Waals surface area contributed by atoms with Crippen molar-refractivity contribution in [1.29, 1.82) is 0 Å². The first-order valence-electron chi connectivity index (χ1n) is 7.59. The molecule has 0 unspecified atom stereocenters. The van der Waals surface area contributed by atoms with Crippen molar-refractivity contribution < 1.29 is 4.79 Å². The van der Waals surface area contributed by atoms with Gasteiger partial charge in [-0.15, -0.1) is 0 Å². The van der Waals surface area contributed by atoms with Crippen LogP contribution in [0.5, 0.6) is 0 Å². The Labute approximate surface area is 113 Å². The van der Waals surface area contributed by atoms with Crippen molar-refractivity contribution >= 4 is 5.91 Å². The number of nitrogens with one attached hydrogen (secondary N) is 1. The van der Waals surface area contributed by atoms with Gasteiger partial charge in [-0.2, -0.15) is 0 Å². The van der Waals surface area contributed by atoms with Gasteiger partial charge in [0.1, 0.15) is 5.82 Å². The van der Waals surface area contributed by atoms with Crippen molar-refractivity contribution in [1.82, 2.24) is 14.9 Å². The van der Waals surface area contributed by atoms with Gasteiger partial charge >= 0.3 is 0 Å². The molecule has 2 heterocycles. The van der Waals surface area contributed by atoms with Crippen molar-refractivity contribution in [2.45, 2.75) is 38.6 Å². The minimum absolute atomic E-state index is 0.311. The Bertz CT molecular complexity index is 491. The third-order valence-corrected chi connectivity index (χ3v) is 5.02. The molecule has 3 atom stereocenters. The Hall–Kier alpha value is -1.32. The molecule has 2 aliphatic carbocycles. The molecule has 0 bridgehead atoms. The maximum Gasteiger partial charge on any atom is 0.223 e. The van der Waals surface area contributed by atoms with Crippen LogP contribution in [-0.4, -0.2) is 22.0 Å². The van der Waals surface area contributed by atoms with Gasteiger partial charge in [0.25, 0.3) is 0 Å².